The zero-order valence-electron chi connectivity index (χ0n) is 11.6. The maximum Gasteiger partial charge on any atom is 0.393 e. The fourth-order valence-electron chi connectivity index (χ4n) is 2.33. The molecular weight excluding hydrogens is 301 g/mol. The molecule has 0 saturated carbocycles. The lowest BCUT2D eigenvalue weighted by molar-refractivity contribution is -0.183. The Bertz CT molecular complexity index is 507. The second-order valence-electron chi connectivity index (χ2n) is 4.99. The van der Waals surface area contributed by atoms with Gasteiger partial charge in [-0.3, -0.25) is 0 Å². The van der Waals surface area contributed by atoms with Gasteiger partial charge in [0.2, 0.25) is 0 Å². The van der Waals surface area contributed by atoms with E-state index in [4.69, 9.17) is 17.0 Å². The van der Waals surface area contributed by atoms with Gasteiger partial charge >= 0.3 is 6.18 Å². The lowest BCUT2D eigenvalue weighted by Crippen LogP contribution is -2.46. The number of nitrogens with one attached hydrogen (secondary N) is 1. The first-order valence-electron chi connectivity index (χ1n) is 6.67. The van der Waals surface area contributed by atoms with Crippen LogP contribution in [-0.4, -0.2) is 36.4 Å². The molecule has 0 aliphatic carbocycles. The van der Waals surface area contributed by atoms with Gasteiger partial charge in [0.1, 0.15) is 5.75 Å². The zero-order valence-corrected chi connectivity index (χ0v) is 12.4. The minimum absolute atomic E-state index is 0.0840. The molecule has 1 saturated heterocycles. The van der Waals surface area contributed by atoms with Gasteiger partial charge in [0.25, 0.3) is 0 Å². The SMILES string of the molecule is COc1cccc(NC(=S)N2CCCC(C(F)(F)F)C2)c1. The van der Waals surface area contributed by atoms with E-state index < -0.39 is 12.1 Å². The fraction of sp³-hybridized carbons (Fsp3) is 0.500. The van der Waals surface area contributed by atoms with Crippen molar-refractivity contribution in [2.75, 3.05) is 25.5 Å². The van der Waals surface area contributed by atoms with Crippen LogP contribution in [0.15, 0.2) is 24.3 Å². The molecule has 1 fully saturated rings. The third-order valence-corrected chi connectivity index (χ3v) is 3.85. The second-order valence-corrected chi connectivity index (χ2v) is 5.38. The van der Waals surface area contributed by atoms with E-state index in [1.165, 1.54) is 0 Å². The van der Waals surface area contributed by atoms with Crippen LogP contribution in [0, 0.1) is 5.92 Å². The molecule has 7 heteroatoms. The Balaban J connectivity index is 1.99. The summed E-state index contributed by atoms with van der Waals surface area (Å²) in [5, 5.41) is 3.29. The molecule has 1 atom stereocenters. The van der Waals surface area contributed by atoms with Crippen molar-refractivity contribution in [3.8, 4) is 5.75 Å². The van der Waals surface area contributed by atoms with Gasteiger partial charge in [-0.1, -0.05) is 6.07 Å². The van der Waals surface area contributed by atoms with E-state index in [0.717, 1.165) is 0 Å². The van der Waals surface area contributed by atoms with Gasteiger partial charge in [0, 0.05) is 24.8 Å². The third kappa shape index (κ3) is 4.23. The number of thiocarbonyl (C=S) groups is 1. The van der Waals surface area contributed by atoms with Crippen molar-refractivity contribution in [2.24, 2.45) is 5.92 Å². The van der Waals surface area contributed by atoms with Gasteiger partial charge in [0.15, 0.2) is 5.11 Å². The van der Waals surface area contributed by atoms with Gasteiger partial charge in [-0.15, -0.1) is 0 Å². The summed E-state index contributed by atoms with van der Waals surface area (Å²) >= 11 is 5.22. The first-order chi connectivity index (χ1) is 9.90. The normalized spacial score (nSPS) is 19.2. The van der Waals surface area contributed by atoms with E-state index in [1.807, 2.05) is 0 Å². The van der Waals surface area contributed by atoms with Crippen molar-refractivity contribution in [3.05, 3.63) is 24.3 Å². The predicted molar refractivity (Wildman–Crippen MR) is 79.6 cm³/mol. The molecule has 1 heterocycles. The van der Waals surface area contributed by atoms with Crippen LogP contribution in [0.25, 0.3) is 0 Å². The number of rotatable bonds is 2. The Morgan fingerprint density at radius 3 is 2.86 bits per heavy atom. The molecule has 0 spiro atoms. The molecule has 116 valence electrons. The lowest BCUT2D eigenvalue weighted by Gasteiger charge is -2.35. The van der Waals surface area contributed by atoms with Crippen LogP contribution in [0.3, 0.4) is 0 Å². The van der Waals surface area contributed by atoms with Crippen molar-refractivity contribution in [1.29, 1.82) is 0 Å². The van der Waals surface area contributed by atoms with Crippen LogP contribution < -0.4 is 10.1 Å². The molecule has 0 amide bonds. The molecular formula is C14H17F3N2OS. The average molecular weight is 318 g/mol. The largest absolute Gasteiger partial charge is 0.497 e. The molecule has 1 aromatic rings. The van der Waals surface area contributed by atoms with Crippen LogP contribution in [0.4, 0.5) is 18.9 Å². The van der Waals surface area contributed by atoms with E-state index in [9.17, 15) is 13.2 Å². The minimum atomic E-state index is -4.16. The molecule has 1 aromatic carbocycles. The number of ether oxygens (including phenoxy) is 1. The maximum absolute atomic E-state index is 12.8. The van der Waals surface area contributed by atoms with E-state index in [-0.39, 0.29) is 13.0 Å². The lowest BCUT2D eigenvalue weighted by atomic mass is 9.98. The van der Waals surface area contributed by atoms with Gasteiger partial charge in [-0.05, 0) is 37.2 Å². The highest BCUT2D eigenvalue weighted by Gasteiger charge is 2.42. The monoisotopic (exact) mass is 318 g/mol. The van der Waals surface area contributed by atoms with Crippen molar-refractivity contribution < 1.29 is 17.9 Å². The molecule has 21 heavy (non-hydrogen) atoms. The van der Waals surface area contributed by atoms with Crippen LogP contribution in [0.1, 0.15) is 12.8 Å². The number of methoxy groups -OCH3 is 1. The van der Waals surface area contributed by atoms with Crippen molar-refractivity contribution >= 4 is 23.0 Å². The molecule has 0 aromatic heterocycles. The third-order valence-electron chi connectivity index (χ3n) is 3.49. The summed E-state index contributed by atoms with van der Waals surface area (Å²) in [6.45, 7) is 0.460. The summed E-state index contributed by atoms with van der Waals surface area (Å²) in [7, 11) is 1.55. The first-order valence-corrected chi connectivity index (χ1v) is 7.07. The minimum Gasteiger partial charge on any atom is -0.497 e. The summed E-state index contributed by atoms with van der Waals surface area (Å²) in [5.41, 5.74) is 0.702. The Morgan fingerprint density at radius 2 is 2.19 bits per heavy atom. The van der Waals surface area contributed by atoms with Crippen LogP contribution in [0.5, 0.6) is 5.75 Å². The molecule has 1 unspecified atom stereocenters. The summed E-state index contributed by atoms with van der Waals surface area (Å²) in [6, 6.07) is 7.12. The number of hydrogen-bond acceptors (Lipinski definition) is 2. The van der Waals surface area contributed by atoms with Crippen molar-refractivity contribution in [2.45, 2.75) is 19.0 Å². The summed E-state index contributed by atoms with van der Waals surface area (Å²) < 4.78 is 43.5. The van der Waals surface area contributed by atoms with Crippen molar-refractivity contribution in [3.63, 3.8) is 0 Å². The zero-order chi connectivity index (χ0) is 15.5. The Morgan fingerprint density at radius 1 is 1.43 bits per heavy atom. The van der Waals surface area contributed by atoms with E-state index in [2.05, 4.69) is 5.32 Å². The molecule has 2 rings (SSSR count). The summed E-state index contributed by atoms with van der Waals surface area (Å²) in [6.07, 6.45) is -3.50. The number of halogens is 3. The Labute approximate surface area is 127 Å². The molecule has 1 N–H and O–H groups in total. The summed E-state index contributed by atoms with van der Waals surface area (Å²) in [5.74, 6) is -0.647. The molecule has 0 bridgehead atoms. The summed E-state index contributed by atoms with van der Waals surface area (Å²) in [4.78, 5) is 1.58. The fourth-order valence-corrected chi connectivity index (χ4v) is 2.62. The van der Waals surface area contributed by atoms with Gasteiger partial charge in [0.05, 0.1) is 13.0 Å². The number of benzene rings is 1. The highest BCUT2D eigenvalue weighted by atomic mass is 32.1. The second kappa shape index (κ2) is 6.51. The molecule has 1 aliphatic rings. The van der Waals surface area contributed by atoms with E-state index in [1.54, 1.807) is 36.3 Å². The quantitative estimate of drug-likeness (QED) is 0.841. The Kier molecular flexibility index (Phi) is 4.92. The average Bonchev–Trinajstić information content (AvgIpc) is 2.46. The van der Waals surface area contributed by atoms with Crippen LogP contribution in [-0.2, 0) is 0 Å². The first kappa shape index (κ1) is 15.9. The maximum atomic E-state index is 12.8. The van der Waals surface area contributed by atoms with Crippen LogP contribution >= 0.6 is 12.2 Å². The van der Waals surface area contributed by atoms with Gasteiger partial charge in [-0.25, -0.2) is 0 Å². The van der Waals surface area contributed by atoms with Gasteiger partial charge < -0.3 is 15.0 Å². The number of piperidine rings is 1. The topological polar surface area (TPSA) is 24.5 Å². The number of hydrogen-bond donors (Lipinski definition) is 1. The number of alkyl halides is 3. The number of likely N-dealkylation sites (tertiary alicyclic amines) is 1. The molecule has 1 aliphatic heterocycles. The molecule has 0 radical (unpaired) electrons. The van der Waals surface area contributed by atoms with Crippen LogP contribution in [0.2, 0.25) is 0 Å². The smallest absolute Gasteiger partial charge is 0.393 e. The van der Waals surface area contributed by atoms with Gasteiger partial charge in [-0.2, -0.15) is 13.2 Å². The highest BCUT2D eigenvalue weighted by molar-refractivity contribution is 7.80. The predicted octanol–water partition coefficient (Wildman–Crippen LogP) is 3.67. The number of anilines is 1. The highest BCUT2D eigenvalue weighted by Crippen LogP contribution is 2.33. The van der Waals surface area contributed by atoms with Crippen molar-refractivity contribution in [1.82, 2.24) is 4.90 Å². The standard InChI is InChI=1S/C14H17F3N2OS/c1-20-12-6-2-5-11(8-12)18-13(21)19-7-3-4-10(9-19)14(15,16)17/h2,5-6,8,10H,3-4,7,9H2,1H3,(H,18,21). The number of nitrogens with zero attached hydrogens (tertiary/aromatic N) is 1. The van der Waals surface area contributed by atoms with E-state index >= 15 is 0 Å². The molecule has 3 nitrogen and oxygen atoms in total. The van der Waals surface area contributed by atoms with E-state index in [0.29, 0.717) is 29.5 Å². The Hall–Kier alpha value is -1.50.